The summed E-state index contributed by atoms with van der Waals surface area (Å²) >= 11 is 5.92. The van der Waals surface area contributed by atoms with Gasteiger partial charge >= 0.3 is 0 Å². The molecule has 0 bridgehead atoms. The summed E-state index contributed by atoms with van der Waals surface area (Å²) in [6.45, 7) is 2.08. The average Bonchev–Trinajstić information content (AvgIpc) is 3.11. The third-order valence-corrected chi connectivity index (χ3v) is 5.19. The molecule has 0 atom stereocenters. The van der Waals surface area contributed by atoms with E-state index in [4.69, 9.17) is 16.6 Å². The van der Waals surface area contributed by atoms with Crippen molar-refractivity contribution in [2.75, 3.05) is 0 Å². The molecule has 4 heteroatoms. The van der Waals surface area contributed by atoms with Gasteiger partial charge in [-0.3, -0.25) is 4.79 Å². The number of benzene rings is 3. The van der Waals surface area contributed by atoms with Crippen LogP contribution in [0.5, 0.6) is 0 Å². The van der Waals surface area contributed by atoms with E-state index in [2.05, 4.69) is 48.6 Å². The lowest BCUT2D eigenvalue weighted by Gasteiger charge is -2.08. The van der Waals surface area contributed by atoms with E-state index in [1.165, 1.54) is 11.1 Å². The van der Waals surface area contributed by atoms with Crippen molar-refractivity contribution in [3.63, 3.8) is 0 Å². The Hall–Kier alpha value is -3.17. The first-order valence-corrected chi connectivity index (χ1v) is 9.94. The Morgan fingerprint density at radius 3 is 2.34 bits per heavy atom. The average molecular weight is 401 g/mol. The predicted molar refractivity (Wildman–Crippen MR) is 119 cm³/mol. The van der Waals surface area contributed by atoms with E-state index in [1.807, 2.05) is 18.2 Å². The summed E-state index contributed by atoms with van der Waals surface area (Å²) in [5, 5.41) is 3.57. The number of nitrogens with one attached hydrogen (secondary N) is 1. The van der Waals surface area contributed by atoms with Crippen LogP contribution in [0.1, 0.15) is 33.5 Å². The molecule has 1 heterocycles. The highest BCUT2D eigenvalue weighted by Gasteiger charge is 2.21. The van der Waals surface area contributed by atoms with Gasteiger partial charge < -0.3 is 5.32 Å². The second-order valence-corrected chi connectivity index (χ2v) is 7.59. The molecule has 0 fully saturated rings. The van der Waals surface area contributed by atoms with Crippen LogP contribution in [0.4, 0.5) is 0 Å². The molecule has 0 saturated carbocycles. The molecule has 4 rings (SSSR count). The van der Waals surface area contributed by atoms with E-state index in [0.29, 0.717) is 22.8 Å². The summed E-state index contributed by atoms with van der Waals surface area (Å²) < 4.78 is 0. The van der Waals surface area contributed by atoms with Crippen molar-refractivity contribution in [3.05, 3.63) is 112 Å². The number of amidine groups is 1. The van der Waals surface area contributed by atoms with Crippen LogP contribution in [-0.2, 0) is 6.42 Å². The maximum absolute atomic E-state index is 12.6. The van der Waals surface area contributed by atoms with Gasteiger partial charge in [0.1, 0.15) is 5.84 Å². The van der Waals surface area contributed by atoms with Crippen LogP contribution in [0.25, 0.3) is 5.57 Å². The number of aliphatic imine (C=N–C) groups is 1. The minimum Gasteiger partial charge on any atom is -0.310 e. The first-order valence-electron chi connectivity index (χ1n) is 9.56. The van der Waals surface area contributed by atoms with Crippen molar-refractivity contribution in [2.45, 2.75) is 19.8 Å². The predicted octanol–water partition coefficient (Wildman–Crippen LogP) is 5.83. The van der Waals surface area contributed by atoms with Crippen LogP contribution in [0.15, 0.2) is 89.6 Å². The van der Waals surface area contributed by atoms with E-state index in [1.54, 1.807) is 24.3 Å². The SMILES string of the molecule is Cc1ccc(C2=C(Cc3ccccc3)N=C(NC(=O)c3ccc(Cl)cc3)C2)cc1. The van der Waals surface area contributed by atoms with Crippen LogP contribution in [-0.4, -0.2) is 11.7 Å². The number of hydrogen-bond donors (Lipinski definition) is 1. The maximum Gasteiger partial charge on any atom is 0.256 e. The van der Waals surface area contributed by atoms with E-state index in [9.17, 15) is 4.79 Å². The Morgan fingerprint density at radius 1 is 0.966 bits per heavy atom. The molecule has 1 N–H and O–H groups in total. The van der Waals surface area contributed by atoms with Crippen molar-refractivity contribution >= 4 is 28.9 Å². The van der Waals surface area contributed by atoms with Gasteiger partial charge in [-0.15, -0.1) is 0 Å². The molecular weight excluding hydrogens is 380 g/mol. The lowest BCUT2D eigenvalue weighted by atomic mass is 9.98. The van der Waals surface area contributed by atoms with Crippen LogP contribution < -0.4 is 5.32 Å². The van der Waals surface area contributed by atoms with Crippen molar-refractivity contribution in [1.82, 2.24) is 5.32 Å². The van der Waals surface area contributed by atoms with Crippen molar-refractivity contribution in [3.8, 4) is 0 Å². The molecule has 1 amide bonds. The van der Waals surface area contributed by atoms with Gasteiger partial charge in [-0.2, -0.15) is 0 Å². The number of carbonyl (C=O) groups excluding carboxylic acids is 1. The molecule has 144 valence electrons. The Labute approximate surface area is 175 Å². The minimum atomic E-state index is -0.176. The zero-order valence-electron chi connectivity index (χ0n) is 16.2. The standard InChI is InChI=1S/C25H21ClN2O/c1-17-7-9-19(10-8-17)22-16-24(27-23(22)15-18-5-3-2-4-6-18)28-25(29)20-11-13-21(26)14-12-20/h2-14H,15-16H2,1H3,(H,27,28,29). The fraction of sp³-hybridized carbons (Fsp3) is 0.120. The van der Waals surface area contributed by atoms with Crippen molar-refractivity contribution in [2.24, 2.45) is 4.99 Å². The third-order valence-electron chi connectivity index (χ3n) is 4.94. The largest absolute Gasteiger partial charge is 0.310 e. The van der Waals surface area contributed by atoms with E-state index in [0.717, 1.165) is 23.3 Å². The van der Waals surface area contributed by atoms with Gasteiger partial charge in [0, 0.05) is 23.4 Å². The summed E-state index contributed by atoms with van der Waals surface area (Å²) in [5.41, 5.74) is 6.26. The van der Waals surface area contributed by atoms with Gasteiger partial charge in [0.05, 0.1) is 5.70 Å². The van der Waals surface area contributed by atoms with Gasteiger partial charge in [0.15, 0.2) is 0 Å². The highest BCUT2D eigenvalue weighted by atomic mass is 35.5. The molecule has 0 radical (unpaired) electrons. The van der Waals surface area contributed by atoms with Gasteiger partial charge in [0.25, 0.3) is 5.91 Å². The quantitative estimate of drug-likeness (QED) is 0.587. The monoisotopic (exact) mass is 400 g/mol. The van der Waals surface area contributed by atoms with Crippen LogP contribution in [0, 0.1) is 6.92 Å². The van der Waals surface area contributed by atoms with Crippen molar-refractivity contribution in [1.29, 1.82) is 0 Å². The summed E-state index contributed by atoms with van der Waals surface area (Å²) in [6.07, 6.45) is 1.33. The third kappa shape index (κ3) is 4.64. The molecule has 0 aromatic heterocycles. The molecule has 0 saturated heterocycles. The fourth-order valence-corrected chi connectivity index (χ4v) is 3.50. The maximum atomic E-state index is 12.6. The lowest BCUT2D eigenvalue weighted by Crippen LogP contribution is -2.29. The Balaban J connectivity index is 1.59. The zero-order chi connectivity index (χ0) is 20.2. The molecule has 0 spiro atoms. The molecular formula is C25H21ClN2O. The van der Waals surface area contributed by atoms with Gasteiger partial charge in [-0.25, -0.2) is 4.99 Å². The molecule has 3 nitrogen and oxygen atoms in total. The Kier molecular flexibility index (Phi) is 5.59. The molecule has 3 aromatic rings. The Bertz CT molecular complexity index is 1080. The molecule has 0 unspecified atom stereocenters. The van der Waals surface area contributed by atoms with E-state index >= 15 is 0 Å². The summed E-state index contributed by atoms with van der Waals surface area (Å²) in [6, 6.07) is 25.6. The van der Waals surface area contributed by atoms with Crippen LogP contribution in [0.3, 0.4) is 0 Å². The summed E-state index contributed by atoms with van der Waals surface area (Å²) in [4.78, 5) is 17.4. The molecule has 1 aliphatic rings. The topological polar surface area (TPSA) is 41.5 Å². The zero-order valence-corrected chi connectivity index (χ0v) is 16.9. The number of nitrogens with zero attached hydrogens (tertiary/aromatic N) is 1. The number of halogens is 1. The van der Waals surface area contributed by atoms with Crippen LogP contribution >= 0.6 is 11.6 Å². The summed E-state index contributed by atoms with van der Waals surface area (Å²) in [7, 11) is 0. The molecule has 3 aromatic carbocycles. The van der Waals surface area contributed by atoms with Crippen LogP contribution in [0.2, 0.25) is 5.02 Å². The first kappa shape index (κ1) is 19.2. The number of allylic oxidation sites excluding steroid dienone is 1. The fourth-order valence-electron chi connectivity index (χ4n) is 3.37. The van der Waals surface area contributed by atoms with Gasteiger partial charge in [0.2, 0.25) is 0 Å². The van der Waals surface area contributed by atoms with Crippen molar-refractivity contribution < 1.29 is 4.79 Å². The number of aryl methyl sites for hydroxylation is 1. The second-order valence-electron chi connectivity index (χ2n) is 7.15. The van der Waals surface area contributed by atoms with Gasteiger partial charge in [-0.05, 0) is 47.9 Å². The number of amides is 1. The molecule has 0 aliphatic carbocycles. The highest BCUT2D eigenvalue weighted by molar-refractivity contribution is 6.30. The lowest BCUT2D eigenvalue weighted by molar-refractivity contribution is 0.0976. The number of carbonyl (C=O) groups is 1. The Morgan fingerprint density at radius 2 is 1.66 bits per heavy atom. The van der Waals surface area contributed by atoms with E-state index < -0.39 is 0 Å². The minimum absolute atomic E-state index is 0.176. The van der Waals surface area contributed by atoms with Gasteiger partial charge in [-0.1, -0.05) is 71.8 Å². The van der Waals surface area contributed by atoms with E-state index in [-0.39, 0.29) is 5.91 Å². The highest BCUT2D eigenvalue weighted by Crippen LogP contribution is 2.31. The molecule has 1 aliphatic heterocycles. The molecule has 29 heavy (non-hydrogen) atoms. The second kappa shape index (κ2) is 8.46. The first-order chi connectivity index (χ1) is 14.1. The normalized spacial score (nSPS) is 13.4. The summed E-state index contributed by atoms with van der Waals surface area (Å²) in [5.74, 6) is 0.496. The number of rotatable bonds is 4. The smallest absolute Gasteiger partial charge is 0.256 e. The number of hydrogen-bond acceptors (Lipinski definition) is 2.